The van der Waals surface area contributed by atoms with E-state index in [0.29, 0.717) is 11.5 Å². The highest BCUT2D eigenvalue weighted by Gasteiger charge is 2.29. The van der Waals surface area contributed by atoms with E-state index >= 15 is 0 Å². The smallest absolute Gasteiger partial charge is 0.332 e. The number of hydrazine groups is 1. The first-order valence-corrected chi connectivity index (χ1v) is 6.81. The Morgan fingerprint density at radius 1 is 1.40 bits per heavy atom. The lowest BCUT2D eigenvalue weighted by atomic mass is 10.1. The Hall–Kier alpha value is -1.96. The predicted octanol–water partition coefficient (Wildman–Crippen LogP) is 1.75. The van der Waals surface area contributed by atoms with Crippen molar-refractivity contribution >= 4 is 17.5 Å². The minimum absolute atomic E-state index is 0.0299. The highest BCUT2D eigenvalue weighted by atomic mass is 16.6. The molecule has 3 N–H and O–H groups in total. The third-order valence-corrected chi connectivity index (χ3v) is 3.68. The van der Waals surface area contributed by atoms with Crippen LogP contribution in [0.5, 0.6) is 0 Å². The Bertz CT molecular complexity index is 507. The van der Waals surface area contributed by atoms with Crippen molar-refractivity contribution < 1.29 is 4.92 Å². The molecule has 20 heavy (non-hydrogen) atoms. The van der Waals surface area contributed by atoms with Crippen LogP contribution in [0.3, 0.4) is 0 Å². The molecule has 1 aliphatic rings. The molecule has 8 nitrogen and oxygen atoms in total. The van der Waals surface area contributed by atoms with Gasteiger partial charge in [0.2, 0.25) is 11.8 Å². The topological polar surface area (TPSA) is 110 Å². The maximum atomic E-state index is 11.3. The molecule has 1 aliphatic heterocycles. The fraction of sp³-hybridized carbons (Fsp3) is 0.667. The lowest BCUT2D eigenvalue weighted by Crippen LogP contribution is -2.34. The first-order chi connectivity index (χ1) is 9.54. The number of hydrogen-bond donors (Lipinski definition) is 2. The SMILES string of the molecule is Cc1nc(NN)nc(N2CCCCCC2C)c1[N+](=O)[O-]. The monoisotopic (exact) mass is 280 g/mol. The Balaban J connectivity index is 2.51. The van der Waals surface area contributed by atoms with Gasteiger partial charge in [-0.15, -0.1) is 0 Å². The molecule has 0 bridgehead atoms. The number of anilines is 2. The van der Waals surface area contributed by atoms with E-state index in [1.54, 1.807) is 6.92 Å². The molecular weight excluding hydrogens is 260 g/mol. The molecule has 0 spiro atoms. The van der Waals surface area contributed by atoms with Gasteiger partial charge < -0.3 is 4.90 Å². The molecule has 2 heterocycles. The highest BCUT2D eigenvalue weighted by molar-refractivity contribution is 5.62. The first-order valence-electron chi connectivity index (χ1n) is 6.81. The summed E-state index contributed by atoms with van der Waals surface area (Å²) in [7, 11) is 0. The van der Waals surface area contributed by atoms with Crippen LogP contribution in [-0.2, 0) is 0 Å². The van der Waals surface area contributed by atoms with Crippen LogP contribution in [-0.4, -0.2) is 27.5 Å². The lowest BCUT2D eigenvalue weighted by molar-refractivity contribution is -0.385. The molecule has 110 valence electrons. The van der Waals surface area contributed by atoms with E-state index < -0.39 is 4.92 Å². The Morgan fingerprint density at radius 3 is 2.80 bits per heavy atom. The summed E-state index contributed by atoms with van der Waals surface area (Å²) in [6, 6.07) is 0.219. The molecule has 1 atom stereocenters. The summed E-state index contributed by atoms with van der Waals surface area (Å²) in [5.74, 6) is 5.92. The second-order valence-electron chi connectivity index (χ2n) is 5.10. The summed E-state index contributed by atoms with van der Waals surface area (Å²) in [6.45, 7) is 4.44. The van der Waals surface area contributed by atoms with Gasteiger partial charge in [0.25, 0.3) is 0 Å². The first kappa shape index (κ1) is 14.4. The number of rotatable bonds is 3. The standard InChI is InChI=1S/C12H20N6O2/c1-8-6-4-3-5-7-17(8)11-10(18(19)20)9(2)14-12(15-11)16-13/h8H,3-7,13H2,1-2H3,(H,14,15,16). The third kappa shape index (κ3) is 2.79. The Kier molecular flexibility index (Phi) is 4.33. The van der Waals surface area contributed by atoms with Crippen LogP contribution in [0.2, 0.25) is 0 Å². The molecule has 1 unspecified atom stereocenters. The maximum Gasteiger partial charge on any atom is 0.332 e. The van der Waals surface area contributed by atoms with Crippen LogP contribution in [0.4, 0.5) is 17.5 Å². The van der Waals surface area contributed by atoms with Crippen molar-refractivity contribution in [3.8, 4) is 0 Å². The van der Waals surface area contributed by atoms with E-state index in [1.165, 1.54) is 0 Å². The van der Waals surface area contributed by atoms with E-state index in [4.69, 9.17) is 5.84 Å². The molecule has 1 fully saturated rings. The maximum absolute atomic E-state index is 11.3. The van der Waals surface area contributed by atoms with Gasteiger partial charge in [0.05, 0.1) is 4.92 Å². The van der Waals surface area contributed by atoms with Crippen molar-refractivity contribution in [3.63, 3.8) is 0 Å². The molecule has 1 aromatic rings. The van der Waals surface area contributed by atoms with Gasteiger partial charge >= 0.3 is 5.69 Å². The summed E-state index contributed by atoms with van der Waals surface area (Å²) >= 11 is 0. The molecule has 8 heteroatoms. The second-order valence-corrected chi connectivity index (χ2v) is 5.10. The Morgan fingerprint density at radius 2 is 2.15 bits per heavy atom. The van der Waals surface area contributed by atoms with Crippen LogP contribution < -0.4 is 16.2 Å². The zero-order valence-electron chi connectivity index (χ0n) is 11.8. The molecule has 0 aliphatic carbocycles. The lowest BCUT2D eigenvalue weighted by Gasteiger charge is -2.28. The van der Waals surface area contributed by atoms with E-state index in [2.05, 4.69) is 22.3 Å². The van der Waals surface area contributed by atoms with E-state index in [0.717, 1.165) is 32.2 Å². The van der Waals surface area contributed by atoms with Crippen molar-refractivity contribution in [2.24, 2.45) is 5.84 Å². The van der Waals surface area contributed by atoms with Crippen LogP contribution in [0.25, 0.3) is 0 Å². The Labute approximate surface area is 117 Å². The molecule has 0 saturated carbocycles. The normalized spacial score (nSPS) is 19.6. The molecule has 1 saturated heterocycles. The molecule has 0 radical (unpaired) electrons. The van der Waals surface area contributed by atoms with Crippen molar-refractivity contribution in [1.29, 1.82) is 0 Å². The van der Waals surface area contributed by atoms with Crippen LogP contribution >= 0.6 is 0 Å². The summed E-state index contributed by atoms with van der Waals surface area (Å²) < 4.78 is 0. The van der Waals surface area contributed by atoms with Crippen molar-refractivity contribution in [2.45, 2.75) is 45.6 Å². The van der Waals surface area contributed by atoms with E-state index in [-0.39, 0.29) is 17.7 Å². The van der Waals surface area contributed by atoms with Crippen LogP contribution in [0, 0.1) is 17.0 Å². The summed E-state index contributed by atoms with van der Waals surface area (Å²) in [4.78, 5) is 21.1. The number of nitrogens with two attached hydrogens (primary N) is 1. The van der Waals surface area contributed by atoms with Gasteiger partial charge in [-0.25, -0.2) is 10.8 Å². The quantitative estimate of drug-likeness (QED) is 0.493. The van der Waals surface area contributed by atoms with Gasteiger partial charge in [-0.05, 0) is 26.7 Å². The number of aromatic nitrogens is 2. The van der Waals surface area contributed by atoms with Crippen molar-refractivity contribution in [2.75, 3.05) is 16.9 Å². The fourth-order valence-electron chi connectivity index (χ4n) is 2.62. The van der Waals surface area contributed by atoms with Gasteiger partial charge in [-0.3, -0.25) is 15.5 Å². The summed E-state index contributed by atoms with van der Waals surface area (Å²) in [6.07, 6.45) is 4.29. The average Bonchev–Trinajstić information content (AvgIpc) is 2.61. The number of nitrogen functional groups attached to an aromatic ring is 1. The molecule has 0 aromatic carbocycles. The van der Waals surface area contributed by atoms with Crippen molar-refractivity contribution in [3.05, 3.63) is 15.8 Å². The number of aryl methyl sites for hydroxylation is 1. The van der Waals surface area contributed by atoms with Crippen molar-refractivity contribution in [1.82, 2.24) is 9.97 Å². The zero-order chi connectivity index (χ0) is 14.7. The number of nitrogens with zero attached hydrogens (tertiary/aromatic N) is 4. The number of nitrogens with one attached hydrogen (secondary N) is 1. The fourth-order valence-corrected chi connectivity index (χ4v) is 2.62. The van der Waals surface area contributed by atoms with Crippen LogP contribution in [0.1, 0.15) is 38.3 Å². The largest absolute Gasteiger partial charge is 0.348 e. The molecular formula is C12H20N6O2. The third-order valence-electron chi connectivity index (χ3n) is 3.68. The van der Waals surface area contributed by atoms with Gasteiger partial charge in [0.15, 0.2) is 0 Å². The van der Waals surface area contributed by atoms with E-state index in [1.807, 2.05) is 4.90 Å². The zero-order valence-corrected chi connectivity index (χ0v) is 11.8. The van der Waals surface area contributed by atoms with Gasteiger partial charge in [0, 0.05) is 12.6 Å². The number of hydrogen-bond acceptors (Lipinski definition) is 7. The minimum Gasteiger partial charge on any atom is -0.348 e. The minimum atomic E-state index is -0.414. The van der Waals surface area contributed by atoms with Crippen LogP contribution in [0.15, 0.2) is 0 Å². The second kappa shape index (κ2) is 6.00. The summed E-state index contributed by atoms with van der Waals surface area (Å²) in [5, 5.41) is 11.3. The molecule has 0 amide bonds. The van der Waals surface area contributed by atoms with E-state index in [9.17, 15) is 10.1 Å². The highest BCUT2D eigenvalue weighted by Crippen LogP contribution is 2.33. The molecule has 1 aromatic heterocycles. The van der Waals surface area contributed by atoms with Gasteiger partial charge in [-0.1, -0.05) is 12.8 Å². The predicted molar refractivity (Wildman–Crippen MR) is 76.5 cm³/mol. The van der Waals surface area contributed by atoms with Gasteiger partial charge in [0.1, 0.15) is 5.69 Å². The van der Waals surface area contributed by atoms with Gasteiger partial charge in [-0.2, -0.15) is 4.98 Å². The number of nitro groups is 1. The average molecular weight is 280 g/mol. The summed E-state index contributed by atoms with van der Waals surface area (Å²) in [5.41, 5.74) is 2.67. The molecule has 2 rings (SSSR count).